The molecule has 3 aromatic rings. The number of benzene rings is 1. The van der Waals surface area contributed by atoms with E-state index in [2.05, 4.69) is 4.98 Å². The van der Waals surface area contributed by atoms with Crippen molar-refractivity contribution in [3.8, 4) is 28.4 Å². The van der Waals surface area contributed by atoms with Crippen molar-refractivity contribution >= 4 is 0 Å². The first-order chi connectivity index (χ1) is 11.7. The maximum Gasteiger partial charge on any atom is 0.212 e. The number of hydrogen-bond donors (Lipinski definition) is 1. The van der Waals surface area contributed by atoms with Crippen LogP contribution in [-0.2, 0) is 0 Å². The number of aliphatic hydroxyl groups is 1. The summed E-state index contributed by atoms with van der Waals surface area (Å²) in [4.78, 5) is 9.00. The quantitative estimate of drug-likeness (QED) is 0.763. The van der Waals surface area contributed by atoms with E-state index in [9.17, 15) is 5.11 Å². The van der Waals surface area contributed by atoms with Crippen molar-refractivity contribution < 1.29 is 9.84 Å². The molecule has 2 heterocycles. The van der Waals surface area contributed by atoms with Gasteiger partial charge in [-0.25, -0.2) is 9.97 Å². The average Bonchev–Trinajstić information content (AvgIpc) is 2.67. The van der Waals surface area contributed by atoms with E-state index >= 15 is 0 Å². The van der Waals surface area contributed by atoms with Crippen LogP contribution in [0.5, 0.6) is 5.88 Å². The minimum absolute atomic E-state index is 0.514. The highest BCUT2D eigenvalue weighted by atomic mass is 16.5. The summed E-state index contributed by atoms with van der Waals surface area (Å²) in [5.74, 6) is 0.562. The number of aliphatic hydroxyl groups excluding tert-OH is 1. The van der Waals surface area contributed by atoms with Crippen LogP contribution in [0.25, 0.3) is 22.5 Å². The van der Waals surface area contributed by atoms with Crippen molar-refractivity contribution in [1.29, 1.82) is 0 Å². The maximum atomic E-state index is 10.3. The molecule has 1 atom stereocenters. The highest BCUT2D eigenvalue weighted by Gasteiger charge is 2.12. The lowest BCUT2D eigenvalue weighted by atomic mass is 10.0. The van der Waals surface area contributed by atoms with Gasteiger partial charge in [-0.2, -0.15) is 0 Å². The molecule has 1 N–H and O–H groups in total. The van der Waals surface area contributed by atoms with Crippen molar-refractivity contribution in [3.05, 3.63) is 66.4 Å². The summed E-state index contributed by atoms with van der Waals surface area (Å²) in [5, 5.41) is 10.3. The summed E-state index contributed by atoms with van der Waals surface area (Å²) in [5.41, 5.74) is 4.39. The lowest BCUT2D eigenvalue weighted by Gasteiger charge is -2.13. The van der Waals surface area contributed by atoms with Crippen LogP contribution < -0.4 is 4.74 Å². The van der Waals surface area contributed by atoms with Gasteiger partial charge in [0.05, 0.1) is 24.6 Å². The van der Waals surface area contributed by atoms with Crippen LogP contribution in [0.1, 0.15) is 25.0 Å². The summed E-state index contributed by atoms with van der Waals surface area (Å²) in [6.07, 6.45) is 1.87. The van der Waals surface area contributed by atoms with E-state index in [4.69, 9.17) is 9.72 Å². The second-order valence-electron chi connectivity index (χ2n) is 5.55. The van der Waals surface area contributed by atoms with Gasteiger partial charge < -0.3 is 9.84 Å². The van der Waals surface area contributed by atoms with Crippen molar-refractivity contribution in [3.63, 3.8) is 0 Å². The highest BCUT2D eigenvalue weighted by Crippen LogP contribution is 2.28. The third kappa shape index (κ3) is 3.44. The summed E-state index contributed by atoms with van der Waals surface area (Å²) in [6.45, 7) is 1.96. The van der Waals surface area contributed by atoms with E-state index in [0.717, 1.165) is 28.1 Å². The lowest BCUT2D eigenvalue weighted by molar-refractivity contribution is 0.173. The topological polar surface area (TPSA) is 55.2 Å². The Balaban J connectivity index is 2.10. The highest BCUT2D eigenvalue weighted by molar-refractivity contribution is 5.67. The largest absolute Gasteiger partial charge is 0.481 e. The zero-order valence-corrected chi connectivity index (χ0v) is 13.8. The second-order valence-corrected chi connectivity index (χ2v) is 5.55. The van der Waals surface area contributed by atoms with E-state index in [-0.39, 0.29) is 0 Å². The third-order valence-corrected chi connectivity index (χ3v) is 3.93. The molecule has 0 saturated heterocycles. The van der Waals surface area contributed by atoms with Crippen molar-refractivity contribution in [2.24, 2.45) is 0 Å². The fourth-order valence-electron chi connectivity index (χ4n) is 2.54. The second kappa shape index (κ2) is 7.23. The van der Waals surface area contributed by atoms with Gasteiger partial charge in [0.15, 0.2) is 0 Å². The van der Waals surface area contributed by atoms with E-state index < -0.39 is 6.10 Å². The van der Waals surface area contributed by atoms with Crippen molar-refractivity contribution in [2.45, 2.75) is 19.4 Å². The van der Waals surface area contributed by atoms with Crippen LogP contribution >= 0.6 is 0 Å². The average molecular weight is 320 g/mol. The first kappa shape index (κ1) is 16.1. The fourth-order valence-corrected chi connectivity index (χ4v) is 2.54. The first-order valence-electron chi connectivity index (χ1n) is 7.97. The van der Waals surface area contributed by atoms with Crippen LogP contribution in [0.2, 0.25) is 0 Å². The summed E-state index contributed by atoms with van der Waals surface area (Å²) < 4.78 is 5.11. The van der Waals surface area contributed by atoms with E-state index in [0.29, 0.717) is 12.3 Å². The fraction of sp³-hybridized carbons (Fsp3) is 0.200. The van der Waals surface area contributed by atoms with Crippen molar-refractivity contribution in [2.75, 3.05) is 7.11 Å². The van der Waals surface area contributed by atoms with Gasteiger partial charge in [0.2, 0.25) is 5.88 Å². The molecule has 122 valence electrons. The first-order valence-corrected chi connectivity index (χ1v) is 7.97. The van der Waals surface area contributed by atoms with Crippen LogP contribution in [0.15, 0.2) is 60.8 Å². The molecule has 0 bridgehead atoms. The molecule has 0 aliphatic carbocycles. The maximum absolute atomic E-state index is 10.3. The van der Waals surface area contributed by atoms with E-state index in [1.54, 1.807) is 13.3 Å². The predicted molar refractivity (Wildman–Crippen MR) is 94.7 cm³/mol. The van der Waals surface area contributed by atoms with Crippen molar-refractivity contribution in [1.82, 2.24) is 9.97 Å². The van der Waals surface area contributed by atoms with Crippen LogP contribution in [0, 0.1) is 0 Å². The molecule has 0 fully saturated rings. The number of aromatic nitrogens is 2. The van der Waals surface area contributed by atoms with Gasteiger partial charge in [-0.3, -0.25) is 0 Å². The van der Waals surface area contributed by atoms with E-state index in [1.165, 1.54) is 0 Å². The summed E-state index contributed by atoms with van der Waals surface area (Å²) in [6, 6.07) is 17.6. The van der Waals surface area contributed by atoms with Crippen LogP contribution in [-0.4, -0.2) is 22.2 Å². The molecular weight excluding hydrogens is 300 g/mol. The standard InChI is InChI=1S/C20H20N2O2/c1-3-19(23)16-11-17(14-7-5-4-6-8-14)22-18(12-16)15-9-10-20(24-2)21-13-15/h4-13,19,23H,3H2,1-2H3/t19-/m1/s1. The Bertz CT molecular complexity index is 802. The number of pyridine rings is 2. The normalized spacial score (nSPS) is 12.0. The van der Waals surface area contributed by atoms with Crippen LogP contribution in [0.4, 0.5) is 0 Å². The number of nitrogens with zero attached hydrogens (tertiary/aromatic N) is 2. The molecule has 4 nitrogen and oxygen atoms in total. The van der Waals surface area contributed by atoms with Gasteiger partial charge in [0.1, 0.15) is 0 Å². The number of rotatable bonds is 5. The molecule has 0 aliphatic heterocycles. The minimum atomic E-state index is -0.514. The van der Waals surface area contributed by atoms with Gasteiger partial charge in [0.25, 0.3) is 0 Å². The Morgan fingerprint density at radius 1 is 1.00 bits per heavy atom. The molecule has 0 amide bonds. The smallest absolute Gasteiger partial charge is 0.212 e. The Morgan fingerprint density at radius 2 is 1.71 bits per heavy atom. The zero-order valence-electron chi connectivity index (χ0n) is 13.8. The molecular formula is C20H20N2O2. The molecule has 3 rings (SSSR count). The van der Waals surface area contributed by atoms with Gasteiger partial charge in [-0.15, -0.1) is 0 Å². The molecule has 1 aromatic carbocycles. The number of ether oxygens (including phenoxy) is 1. The molecule has 0 spiro atoms. The monoisotopic (exact) mass is 320 g/mol. The molecule has 4 heteroatoms. The number of hydrogen-bond acceptors (Lipinski definition) is 4. The van der Waals surface area contributed by atoms with Gasteiger partial charge in [-0.1, -0.05) is 37.3 Å². The number of methoxy groups -OCH3 is 1. The Labute approximate surface area is 141 Å². The SMILES string of the molecule is CC[C@@H](O)c1cc(-c2ccccc2)nc(-c2ccc(OC)nc2)c1. The van der Waals surface area contributed by atoms with Gasteiger partial charge in [0, 0.05) is 23.4 Å². The third-order valence-electron chi connectivity index (χ3n) is 3.93. The molecule has 0 radical (unpaired) electrons. The molecule has 2 aromatic heterocycles. The van der Waals surface area contributed by atoms with Crippen LogP contribution in [0.3, 0.4) is 0 Å². The Hall–Kier alpha value is -2.72. The zero-order chi connectivity index (χ0) is 16.9. The predicted octanol–water partition coefficient (Wildman–Crippen LogP) is 4.26. The van der Waals surface area contributed by atoms with Gasteiger partial charge >= 0.3 is 0 Å². The van der Waals surface area contributed by atoms with Gasteiger partial charge in [-0.05, 0) is 30.2 Å². The summed E-state index contributed by atoms with van der Waals surface area (Å²) >= 11 is 0. The Kier molecular flexibility index (Phi) is 4.87. The molecule has 0 unspecified atom stereocenters. The lowest BCUT2D eigenvalue weighted by Crippen LogP contribution is -1.99. The minimum Gasteiger partial charge on any atom is -0.481 e. The van der Waals surface area contributed by atoms with E-state index in [1.807, 2.05) is 61.5 Å². The Morgan fingerprint density at radius 3 is 2.29 bits per heavy atom. The molecule has 0 aliphatic rings. The molecule has 24 heavy (non-hydrogen) atoms. The molecule has 0 saturated carbocycles. The summed E-state index contributed by atoms with van der Waals surface area (Å²) in [7, 11) is 1.59.